The summed E-state index contributed by atoms with van der Waals surface area (Å²) in [6, 6.07) is 0.535. The molecule has 4 heteroatoms. The van der Waals surface area contributed by atoms with Crippen LogP contribution in [0, 0.1) is 5.92 Å². The molecule has 1 rings (SSSR count). The van der Waals surface area contributed by atoms with Gasteiger partial charge in [-0.3, -0.25) is 9.69 Å². The van der Waals surface area contributed by atoms with Crippen molar-refractivity contribution in [3.8, 4) is 0 Å². The molecule has 1 atom stereocenters. The highest BCUT2D eigenvalue weighted by Crippen LogP contribution is 2.09. The monoisotopic (exact) mass is 214 g/mol. The highest BCUT2D eigenvalue weighted by Gasteiger charge is 2.19. The fourth-order valence-corrected chi connectivity index (χ4v) is 2.08. The summed E-state index contributed by atoms with van der Waals surface area (Å²) < 4.78 is 0. The second kappa shape index (κ2) is 6.08. The summed E-state index contributed by atoms with van der Waals surface area (Å²) in [6.45, 7) is 8.08. The molecular formula is C11H22N2O2. The lowest BCUT2D eigenvalue weighted by molar-refractivity contribution is -0.137. The first-order valence-corrected chi connectivity index (χ1v) is 5.75. The minimum atomic E-state index is -0.700. The second-order valence-corrected chi connectivity index (χ2v) is 4.72. The predicted molar refractivity (Wildman–Crippen MR) is 59.9 cm³/mol. The molecule has 0 saturated carbocycles. The average Bonchev–Trinajstić information content (AvgIpc) is 2.14. The number of carboxylic acid groups (broad SMARTS) is 1. The van der Waals surface area contributed by atoms with Crippen LogP contribution in [0.5, 0.6) is 0 Å². The standard InChI is InChI=1S/C11H22N2O2/c1-9(2)7-10-8-13(6-4-12-10)5-3-11(14)15/h9-10,12H,3-8H2,1-2H3,(H,14,15)/t10-/m1/s1. The van der Waals surface area contributed by atoms with E-state index in [-0.39, 0.29) is 6.42 Å². The summed E-state index contributed by atoms with van der Waals surface area (Å²) in [5, 5.41) is 12.1. The van der Waals surface area contributed by atoms with Crippen LogP contribution in [0.25, 0.3) is 0 Å². The van der Waals surface area contributed by atoms with Crippen LogP contribution < -0.4 is 5.32 Å². The summed E-state index contributed by atoms with van der Waals surface area (Å²) in [6.07, 6.45) is 1.43. The Morgan fingerprint density at radius 2 is 2.33 bits per heavy atom. The molecule has 0 unspecified atom stereocenters. The van der Waals surface area contributed by atoms with Crippen molar-refractivity contribution in [2.45, 2.75) is 32.7 Å². The normalized spacial score (nSPS) is 23.3. The molecule has 0 aromatic carbocycles. The van der Waals surface area contributed by atoms with Crippen molar-refractivity contribution in [1.29, 1.82) is 0 Å². The quantitative estimate of drug-likeness (QED) is 0.710. The summed E-state index contributed by atoms with van der Waals surface area (Å²) in [4.78, 5) is 12.7. The van der Waals surface area contributed by atoms with Crippen molar-refractivity contribution in [2.75, 3.05) is 26.2 Å². The molecule has 0 spiro atoms. The highest BCUT2D eigenvalue weighted by molar-refractivity contribution is 5.66. The molecule has 1 heterocycles. The van der Waals surface area contributed by atoms with E-state index in [4.69, 9.17) is 5.11 Å². The molecule has 2 N–H and O–H groups in total. The van der Waals surface area contributed by atoms with Crippen molar-refractivity contribution in [2.24, 2.45) is 5.92 Å². The Labute approximate surface area is 91.6 Å². The lowest BCUT2D eigenvalue weighted by Gasteiger charge is -2.34. The van der Waals surface area contributed by atoms with Gasteiger partial charge >= 0.3 is 5.97 Å². The Balaban J connectivity index is 2.25. The van der Waals surface area contributed by atoms with Gasteiger partial charge in [0.15, 0.2) is 0 Å². The number of carbonyl (C=O) groups is 1. The number of piperazine rings is 1. The Bertz CT molecular complexity index is 207. The first-order valence-electron chi connectivity index (χ1n) is 5.75. The van der Waals surface area contributed by atoms with E-state index in [9.17, 15) is 4.79 Å². The first kappa shape index (κ1) is 12.5. The van der Waals surface area contributed by atoms with Crippen LogP contribution in [0.4, 0.5) is 0 Å². The third-order valence-corrected chi connectivity index (χ3v) is 2.74. The molecular weight excluding hydrogens is 192 g/mol. The summed E-state index contributed by atoms with van der Waals surface area (Å²) in [7, 11) is 0. The lowest BCUT2D eigenvalue weighted by atomic mass is 10.0. The highest BCUT2D eigenvalue weighted by atomic mass is 16.4. The van der Waals surface area contributed by atoms with E-state index in [2.05, 4.69) is 24.1 Å². The zero-order valence-electron chi connectivity index (χ0n) is 9.70. The maximum absolute atomic E-state index is 10.5. The van der Waals surface area contributed by atoms with E-state index >= 15 is 0 Å². The number of nitrogens with zero attached hydrogens (tertiary/aromatic N) is 1. The van der Waals surface area contributed by atoms with Crippen LogP contribution in [0.2, 0.25) is 0 Å². The molecule has 0 aromatic rings. The van der Waals surface area contributed by atoms with E-state index in [0.717, 1.165) is 19.6 Å². The third-order valence-electron chi connectivity index (χ3n) is 2.74. The fraction of sp³-hybridized carbons (Fsp3) is 0.909. The predicted octanol–water partition coefficient (Wildman–Crippen LogP) is 0.781. The molecule has 1 saturated heterocycles. The van der Waals surface area contributed by atoms with Crippen LogP contribution in [-0.2, 0) is 4.79 Å². The minimum Gasteiger partial charge on any atom is -0.481 e. The van der Waals surface area contributed by atoms with Gasteiger partial charge < -0.3 is 10.4 Å². The number of hydrogen-bond acceptors (Lipinski definition) is 3. The van der Waals surface area contributed by atoms with Crippen molar-refractivity contribution in [3.63, 3.8) is 0 Å². The number of rotatable bonds is 5. The molecule has 88 valence electrons. The van der Waals surface area contributed by atoms with Crippen molar-refractivity contribution in [3.05, 3.63) is 0 Å². The number of nitrogens with one attached hydrogen (secondary N) is 1. The maximum atomic E-state index is 10.5. The smallest absolute Gasteiger partial charge is 0.304 e. The minimum absolute atomic E-state index is 0.258. The fourth-order valence-electron chi connectivity index (χ4n) is 2.08. The zero-order chi connectivity index (χ0) is 11.3. The number of aliphatic carboxylic acids is 1. The molecule has 0 bridgehead atoms. The van der Waals surface area contributed by atoms with Gasteiger partial charge in [0.25, 0.3) is 0 Å². The SMILES string of the molecule is CC(C)C[C@@H]1CN(CCC(=O)O)CCN1. The Morgan fingerprint density at radius 3 is 2.93 bits per heavy atom. The molecule has 4 nitrogen and oxygen atoms in total. The van der Waals surface area contributed by atoms with Crippen molar-refractivity contribution < 1.29 is 9.90 Å². The van der Waals surface area contributed by atoms with E-state index in [0.29, 0.717) is 18.5 Å². The Morgan fingerprint density at radius 1 is 1.60 bits per heavy atom. The summed E-state index contributed by atoms with van der Waals surface area (Å²) in [5.41, 5.74) is 0. The van der Waals surface area contributed by atoms with Gasteiger partial charge in [-0.15, -0.1) is 0 Å². The Hall–Kier alpha value is -0.610. The van der Waals surface area contributed by atoms with Gasteiger partial charge in [0.1, 0.15) is 0 Å². The summed E-state index contributed by atoms with van der Waals surface area (Å²) in [5.74, 6) is -0.00383. The molecule has 0 radical (unpaired) electrons. The van der Waals surface area contributed by atoms with Crippen LogP contribution in [-0.4, -0.2) is 48.2 Å². The van der Waals surface area contributed by atoms with Gasteiger partial charge in [0.05, 0.1) is 6.42 Å². The second-order valence-electron chi connectivity index (χ2n) is 4.72. The number of hydrogen-bond donors (Lipinski definition) is 2. The number of carboxylic acids is 1. The van der Waals surface area contributed by atoms with Crippen molar-refractivity contribution >= 4 is 5.97 Å². The lowest BCUT2D eigenvalue weighted by Crippen LogP contribution is -2.51. The molecule has 0 aromatic heterocycles. The van der Waals surface area contributed by atoms with Gasteiger partial charge in [-0.25, -0.2) is 0 Å². The third kappa shape index (κ3) is 5.14. The van der Waals surface area contributed by atoms with E-state index < -0.39 is 5.97 Å². The van der Waals surface area contributed by atoms with Crippen LogP contribution >= 0.6 is 0 Å². The zero-order valence-corrected chi connectivity index (χ0v) is 9.70. The van der Waals surface area contributed by atoms with E-state index in [1.807, 2.05) is 0 Å². The van der Waals surface area contributed by atoms with Gasteiger partial charge in [-0.2, -0.15) is 0 Å². The van der Waals surface area contributed by atoms with Gasteiger partial charge in [-0.05, 0) is 12.3 Å². The summed E-state index contributed by atoms with van der Waals surface area (Å²) >= 11 is 0. The molecule has 1 aliphatic rings. The van der Waals surface area contributed by atoms with Gasteiger partial charge in [-0.1, -0.05) is 13.8 Å². The molecule has 1 fully saturated rings. The van der Waals surface area contributed by atoms with Crippen LogP contribution in [0.3, 0.4) is 0 Å². The van der Waals surface area contributed by atoms with E-state index in [1.165, 1.54) is 6.42 Å². The molecule has 0 aliphatic carbocycles. The van der Waals surface area contributed by atoms with Crippen LogP contribution in [0.15, 0.2) is 0 Å². The van der Waals surface area contributed by atoms with Crippen molar-refractivity contribution in [1.82, 2.24) is 10.2 Å². The van der Waals surface area contributed by atoms with Gasteiger partial charge in [0, 0.05) is 32.2 Å². The topological polar surface area (TPSA) is 52.6 Å². The van der Waals surface area contributed by atoms with Crippen LogP contribution in [0.1, 0.15) is 26.7 Å². The van der Waals surface area contributed by atoms with Gasteiger partial charge in [0.2, 0.25) is 0 Å². The maximum Gasteiger partial charge on any atom is 0.304 e. The average molecular weight is 214 g/mol. The van der Waals surface area contributed by atoms with E-state index in [1.54, 1.807) is 0 Å². The molecule has 15 heavy (non-hydrogen) atoms. The molecule has 0 amide bonds. The Kier molecular flexibility index (Phi) is 5.05. The first-order chi connectivity index (χ1) is 7.08. The molecule has 1 aliphatic heterocycles. The largest absolute Gasteiger partial charge is 0.481 e.